The molecule has 0 aromatic heterocycles. The van der Waals surface area contributed by atoms with Gasteiger partial charge in [0.1, 0.15) is 5.69 Å². The standard InChI is InChI=1S/C19H22N4O3.C13H17N3O2.C7H6FNO2.Na.H/c1-14-6-7-18(19(12-14)23(25)26)20-16-4-3-5-17(13-16)22-10-8-21(9-11-22)15(2)24;1-11(18)15-5-7-16(8-6-15)13-4-2-3-12(9-13)14-10-17;1-5-2-3-6(8)7(4-5)9(10)11;;/h3-7,12-13,20H,8-11H2,1-2H3;2-4,9-10H,5-8H2,1H3,(H,14,17);2-4H,1H3;;/q;;;+1;-1. The number of anilines is 5. The molecule has 15 nitrogen and oxygen atoms in total. The van der Waals surface area contributed by atoms with E-state index in [-0.39, 0.29) is 53.4 Å². The van der Waals surface area contributed by atoms with E-state index in [2.05, 4.69) is 20.4 Å². The second kappa shape index (κ2) is 21.5. The molecule has 0 radical (unpaired) electrons. The summed E-state index contributed by atoms with van der Waals surface area (Å²) in [7, 11) is 0. The number of amides is 3. The number of aryl methyl sites for hydroxylation is 2. The van der Waals surface area contributed by atoms with Crippen LogP contribution in [-0.4, -0.2) is 90.2 Å². The minimum Gasteiger partial charge on any atom is -1.00 e. The molecule has 17 heteroatoms. The number of rotatable bonds is 8. The van der Waals surface area contributed by atoms with Crippen molar-refractivity contribution >= 4 is 58.0 Å². The quantitative estimate of drug-likeness (QED) is 0.117. The number of nitrogens with zero attached hydrogens (tertiary/aromatic N) is 6. The van der Waals surface area contributed by atoms with Gasteiger partial charge in [-0.2, -0.15) is 4.39 Å². The van der Waals surface area contributed by atoms with E-state index in [0.29, 0.717) is 30.8 Å². The largest absolute Gasteiger partial charge is 1.00 e. The molecule has 0 unspecified atom stereocenters. The minimum absolute atomic E-state index is 0. The number of hydrogen-bond acceptors (Lipinski definition) is 10. The molecule has 3 amide bonds. The van der Waals surface area contributed by atoms with Gasteiger partial charge in [0, 0.05) is 101 Å². The maximum atomic E-state index is 12.6. The maximum Gasteiger partial charge on any atom is 1.00 e. The Bertz CT molecular complexity index is 2010. The van der Waals surface area contributed by atoms with Gasteiger partial charge in [-0.3, -0.25) is 34.6 Å². The molecule has 2 aliphatic rings. The summed E-state index contributed by atoms with van der Waals surface area (Å²) in [5.74, 6) is -0.557. The van der Waals surface area contributed by atoms with Gasteiger partial charge in [0.05, 0.1) is 9.85 Å². The van der Waals surface area contributed by atoms with E-state index in [0.717, 1.165) is 73.6 Å². The van der Waals surface area contributed by atoms with Crippen molar-refractivity contribution in [2.45, 2.75) is 27.7 Å². The van der Waals surface area contributed by atoms with Gasteiger partial charge in [-0.1, -0.05) is 24.3 Å². The molecule has 6 rings (SSSR count). The molecule has 0 bridgehead atoms. The van der Waals surface area contributed by atoms with Crippen LogP contribution in [0, 0.1) is 39.9 Å². The third-order valence-corrected chi connectivity index (χ3v) is 9.03. The first-order valence-corrected chi connectivity index (χ1v) is 17.6. The van der Waals surface area contributed by atoms with E-state index in [9.17, 15) is 39.0 Å². The maximum absolute atomic E-state index is 12.6. The number of carbonyl (C=O) groups is 3. The van der Waals surface area contributed by atoms with E-state index in [4.69, 9.17) is 0 Å². The molecule has 0 aliphatic carbocycles. The predicted molar refractivity (Wildman–Crippen MR) is 212 cm³/mol. The molecule has 2 fully saturated rings. The topological polar surface area (TPSA) is 175 Å². The number of hydrogen-bond donors (Lipinski definition) is 2. The Morgan fingerprint density at radius 2 is 1.12 bits per heavy atom. The Morgan fingerprint density at radius 1 is 0.679 bits per heavy atom. The molecular formula is C39H46FN8NaO7. The summed E-state index contributed by atoms with van der Waals surface area (Å²) < 4.78 is 12.6. The summed E-state index contributed by atoms with van der Waals surface area (Å²) in [6.45, 7) is 12.8. The van der Waals surface area contributed by atoms with Gasteiger partial charge in [-0.25, -0.2) is 0 Å². The monoisotopic (exact) mass is 780 g/mol. The van der Waals surface area contributed by atoms with Gasteiger partial charge in [0.15, 0.2) is 0 Å². The predicted octanol–water partition coefficient (Wildman–Crippen LogP) is 3.40. The fourth-order valence-electron chi connectivity index (χ4n) is 6.02. The fourth-order valence-corrected chi connectivity index (χ4v) is 6.02. The molecule has 0 atom stereocenters. The summed E-state index contributed by atoms with van der Waals surface area (Å²) in [5.41, 5.74) is 5.28. The molecule has 2 saturated heterocycles. The van der Waals surface area contributed by atoms with Crippen molar-refractivity contribution in [3.8, 4) is 0 Å². The molecule has 4 aromatic carbocycles. The van der Waals surface area contributed by atoms with Crippen LogP contribution >= 0.6 is 0 Å². The SMILES string of the molecule is CC(=O)N1CCN(c2cccc(NC=O)c2)CC1.CC(=O)N1CCN(c2cccc(Nc3ccc(C)cc3[N+](=O)[O-])c2)CC1.Cc1ccc(F)c([N+](=O)[O-])c1.[H-].[Na+]. The van der Waals surface area contributed by atoms with E-state index in [1.165, 1.54) is 12.1 Å². The van der Waals surface area contributed by atoms with Crippen molar-refractivity contribution in [3.05, 3.63) is 122 Å². The van der Waals surface area contributed by atoms with Gasteiger partial charge in [0.2, 0.25) is 24.0 Å². The molecule has 2 heterocycles. The van der Waals surface area contributed by atoms with Crippen molar-refractivity contribution in [2.75, 3.05) is 72.8 Å². The average Bonchev–Trinajstić information content (AvgIpc) is 3.17. The number of nitro benzene ring substituents is 2. The van der Waals surface area contributed by atoms with Crippen LogP contribution in [0.5, 0.6) is 0 Å². The number of benzene rings is 4. The van der Waals surface area contributed by atoms with Crippen LogP contribution in [0.15, 0.2) is 84.9 Å². The van der Waals surface area contributed by atoms with E-state index < -0.39 is 16.4 Å². The van der Waals surface area contributed by atoms with Crippen molar-refractivity contribution in [1.82, 2.24) is 9.80 Å². The molecule has 2 N–H and O–H groups in total. The number of piperazine rings is 2. The Kier molecular flexibility index (Phi) is 17.2. The van der Waals surface area contributed by atoms with Gasteiger partial charge < -0.3 is 31.7 Å². The Hall–Kier alpha value is -5.58. The van der Waals surface area contributed by atoms with Crippen molar-refractivity contribution in [2.24, 2.45) is 0 Å². The molecule has 4 aromatic rings. The molecule has 0 saturated carbocycles. The van der Waals surface area contributed by atoms with Crippen molar-refractivity contribution in [3.63, 3.8) is 0 Å². The third kappa shape index (κ3) is 13.0. The van der Waals surface area contributed by atoms with Crippen LogP contribution < -0.4 is 50.0 Å². The number of halogens is 1. The Balaban J connectivity index is 0.000000315. The van der Waals surface area contributed by atoms with Crippen LogP contribution in [0.4, 0.5) is 44.2 Å². The number of carbonyl (C=O) groups excluding carboxylic acids is 3. The molecule has 2 aliphatic heterocycles. The van der Waals surface area contributed by atoms with Gasteiger partial charge in [0.25, 0.3) is 5.69 Å². The summed E-state index contributed by atoms with van der Waals surface area (Å²) in [6, 6.07) is 24.4. The van der Waals surface area contributed by atoms with Crippen molar-refractivity contribution < 1.29 is 59.6 Å². The summed E-state index contributed by atoms with van der Waals surface area (Å²) in [4.78, 5) is 61.6. The van der Waals surface area contributed by atoms with Gasteiger partial charge in [-0.15, -0.1) is 0 Å². The second-order valence-electron chi connectivity index (χ2n) is 13.0. The fraction of sp³-hybridized carbons (Fsp3) is 0.308. The van der Waals surface area contributed by atoms with Crippen molar-refractivity contribution in [1.29, 1.82) is 0 Å². The summed E-state index contributed by atoms with van der Waals surface area (Å²) in [6.07, 6.45) is 0.673. The van der Waals surface area contributed by atoms with E-state index >= 15 is 0 Å². The molecule has 56 heavy (non-hydrogen) atoms. The molecule has 292 valence electrons. The Labute approximate surface area is 348 Å². The normalized spacial score (nSPS) is 13.4. The second-order valence-corrected chi connectivity index (χ2v) is 13.0. The zero-order chi connectivity index (χ0) is 40.1. The van der Waals surface area contributed by atoms with E-state index in [1.807, 2.05) is 71.3 Å². The van der Waals surface area contributed by atoms with Crippen LogP contribution in [0.1, 0.15) is 26.4 Å². The zero-order valence-corrected chi connectivity index (χ0v) is 34.2. The van der Waals surface area contributed by atoms with Crippen LogP contribution in [-0.2, 0) is 14.4 Å². The first kappa shape index (κ1) is 44.8. The van der Waals surface area contributed by atoms with Gasteiger partial charge in [-0.05, 0) is 73.5 Å². The molecular weight excluding hydrogens is 734 g/mol. The first-order valence-electron chi connectivity index (χ1n) is 17.6. The van der Waals surface area contributed by atoms with Crippen LogP contribution in [0.25, 0.3) is 0 Å². The van der Waals surface area contributed by atoms with E-state index in [1.54, 1.807) is 32.9 Å². The average molecular weight is 781 g/mol. The zero-order valence-electron chi connectivity index (χ0n) is 33.2. The Morgan fingerprint density at radius 3 is 1.57 bits per heavy atom. The first-order chi connectivity index (χ1) is 26.2. The van der Waals surface area contributed by atoms with Gasteiger partial charge >= 0.3 is 35.2 Å². The number of nitro groups is 2. The summed E-state index contributed by atoms with van der Waals surface area (Å²) in [5, 5.41) is 27.2. The third-order valence-electron chi connectivity index (χ3n) is 9.03. The summed E-state index contributed by atoms with van der Waals surface area (Å²) >= 11 is 0. The molecule has 0 spiro atoms. The number of nitrogens with one attached hydrogen (secondary N) is 2. The van der Waals surface area contributed by atoms with Crippen LogP contribution in [0.3, 0.4) is 0 Å². The minimum atomic E-state index is -0.791. The smallest absolute Gasteiger partial charge is 1.00 e. The van der Waals surface area contributed by atoms with Crippen LogP contribution in [0.2, 0.25) is 0 Å².